The van der Waals surface area contributed by atoms with Crippen molar-refractivity contribution in [2.45, 2.75) is 19.1 Å². The van der Waals surface area contributed by atoms with Crippen LogP contribution in [0.2, 0.25) is 0 Å². The van der Waals surface area contributed by atoms with E-state index in [1.807, 2.05) is 18.2 Å². The molecular weight excluding hydrogens is 372 g/mol. The van der Waals surface area contributed by atoms with Crippen molar-refractivity contribution in [2.24, 2.45) is 0 Å². The summed E-state index contributed by atoms with van der Waals surface area (Å²) in [5, 5.41) is 13.8. The van der Waals surface area contributed by atoms with E-state index in [0.717, 1.165) is 37.3 Å². The number of aliphatic hydroxyl groups excluding tert-OH is 1. The van der Waals surface area contributed by atoms with Gasteiger partial charge >= 0.3 is 0 Å². The summed E-state index contributed by atoms with van der Waals surface area (Å²) in [7, 11) is 1.62. The zero-order valence-electron chi connectivity index (χ0n) is 16.9. The summed E-state index contributed by atoms with van der Waals surface area (Å²) >= 11 is 0. The van der Waals surface area contributed by atoms with Gasteiger partial charge in [-0.3, -0.25) is 14.9 Å². The molecule has 0 radical (unpaired) electrons. The highest BCUT2D eigenvalue weighted by Gasteiger charge is 2.17. The largest absolute Gasteiger partial charge is 0.493 e. The van der Waals surface area contributed by atoms with Gasteiger partial charge in [-0.15, -0.1) is 0 Å². The van der Waals surface area contributed by atoms with Gasteiger partial charge in [-0.1, -0.05) is 12.1 Å². The molecule has 8 heteroatoms. The first-order chi connectivity index (χ1) is 14.3. The standard InChI is InChI=1S/C21H30N4O4/c1-27-20-4-2-3-17(13-22-6-5-18-14-23-7-8-24-18)21(20)29-16-19(26)15-25-9-11-28-12-10-25/h2-4,7-8,14,19,22,26H,5-6,9-13,15-16H2,1H3. The molecule has 1 aromatic carbocycles. The first-order valence-corrected chi connectivity index (χ1v) is 9.98. The SMILES string of the molecule is COc1cccc(CNCCc2cnccn2)c1OCC(O)CN1CCOCC1. The maximum Gasteiger partial charge on any atom is 0.165 e. The van der Waals surface area contributed by atoms with Crippen LogP contribution in [0.5, 0.6) is 11.5 Å². The van der Waals surface area contributed by atoms with Gasteiger partial charge in [-0.25, -0.2) is 0 Å². The Labute approximate surface area is 171 Å². The summed E-state index contributed by atoms with van der Waals surface area (Å²) < 4.78 is 16.8. The minimum Gasteiger partial charge on any atom is -0.493 e. The van der Waals surface area contributed by atoms with Crippen LogP contribution in [0.15, 0.2) is 36.8 Å². The normalized spacial score (nSPS) is 15.8. The summed E-state index contributed by atoms with van der Waals surface area (Å²) in [6, 6.07) is 5.81. The van der Waals surface area contributed by atoms with Gasteiger partial charge < -0.3 is 24.6 Å². The van der Waals surface area contributed by atoms with E-state index in [1.54, 1.807) is 25.7 Å². The van der Waals surface area contributed by atoms with Crippen LogP contribution in [-0.2, 0) is 17.7 Å². The Hall–Kier alpha value is -2.26. The van der Waals surface area contributed by atoms with Gasteiger partial charge in [0.2, 0.25) is 0 Å². The Balaban J connectivity index is 1.51. The number of hydrogen-bond donors (Lipinski definition) is 2. The van der Waals surface area contributed by atoms with E-state index in [9.17, 15) is 5.11 Å². The summed E-state index contributed by atoms with van der Waals surface area (Å²) in [5.41, 5.74) is 1.94. The van der Waals surface area contributed by atoms with Gasteiger partial charge in [0.1, 0.15) is 12.7 Å². The van der Waals surface area contributed by atoms with Crippen molar-refractivity contribution < 1.29 is 19.3 Å². The van der Waals surface area contributed by atoms with Gasteiger partial charge in [-0.05, 0) is 6.07 Å². The van der Waals surface area contributed by atoms with Crippen LogP contribution in [0.4, 0.5) is 0 Å². The zero-order chi connectivity index (χ0) is 20.3. The zero-order valence-corrected chi connectivity index (χ0v) is 16.9. The van der Waals surface area contributed by atoms with E-state index in [4.69, 9.17) is 14.2 Å². The minimum atomic E-state index is -0.574. The van der Waals surface area contributed by atoms with E-state index in [0.29, 0.717) is 37.8 Å². The number of hydrogen-bond acceptors (Lipinski definition) is 8. The van der Waals surface area contributed by atoms with Crippen molar-refractivity contribution in [3.05, 3.63) is 48.0 Å². The molecule has 0 amide bonds. The Morgan fingerprint density at radius 1 is 1.28 bits per heavy atom. The van der Waals surface area contributed by atoms with E-state index in [2.05, 4.69) is 20.2 Å². The lowest BCUT2D eigenvalue weighted by molar-refractivity contribution is 0.00436. The molecule has 1 saturated heterocycles. The van der Waals surface area contributed by atoms with Gasteiger partial charge in [0.25, 0.3) is 0 Å². The summed E-state index contributed by atoms with van der Waals surface area (Å²) in [5.74, 6) is 1.33. The molecule has 2 aromatic rings. The molecule has 1 unspecified atom stereocenters. The first-order valence-electron chi connectivity index (χ1n) is 9.98. The molecule has 0 bridgehead atoms. The van der Waals surface area contributed by atoms with Crippen LogP contribution in [-0.4, -0.2) is 79.2 Å². The summed E-state index contributed by atoms with van der Waals surface area (Å²) in [6.45, 7) is 5.30. The number of rotatable bonds is 11. The monoisotopic (exact) mass is 402 g/mol. The second-order valence-electron chi connectivity index (χ2n) is 6.95. The van der Waals surface area contributed by atoms with Crippen LogP contribution in [0.3, 0.4) is 0 Å². The van der Waals surface area contributed by atoms with Crippen molar-refractivity contribution in [3.63, 3.8) is 0 Å². The average Bonchev–Trinajstić information content (AvgIpc) is 2.77. The third-order valence-corrected chi connectivity index (χ3v) is 4.76. The van der Waals surface area contributed by atoms with Crippen molar-refractivity contribution in [1.82, 2.24) is 20.2 Å². The lowest BCUT2D eigenvalue weighted by Gasteiger charge is -2.28. The minimum absolute atomic E-state index is 0.213. The molecule has 1 fully saturated rings. The molecule has 1 aliphatic heterocycles. The average molecular weight is 402 g/mol. The lowest BCUT2D eigenvalue weighted by Crippen LogP contribution is -2.42. The molecule has 1 atom stereocenters. The predicted molar refractivity (Wildman–Crippen MR) is 109 cm³/mol. The predicted octanol–water partition coefficient (Wildman–Crippen LogP) is 0.889. The molecule has 0 aliphatic carbocycles. The molecule has 2 heterocycles. The number of nitrogens with zero attached hydrogens (tertiary/aromatic N) is 3. The van der Waals surface area contributed by atoms with Crippen LogP contribution in [0.1, 0.15) is 11.3 Å². The highest BCUT2D eigenvalue weighted by atomic mass is 16.5. The Morgan fingerprint density at radius 3 is 2.90 bits per heavy atom. The van der Waals surface area contributed by atoms with Crippen molar-refractivity contribution >= 4 is 0 Å². The first kappa shape index (κ1) is 21.4. The number of ether oxygens (including phenoxy) is 3. The van der Waals surface area contributed by atoms with Crippen LogP contribution in [0.25, 0.3) is 0 Å². The molecule has 1 aliphatic rings. The van der Waals surface area contributed by atoms with Gasteiger partial charge in [0, 0.05) is 63.3 Å². The second-order valence-corrected chi connectivity index (χ2v) is 6.95. The van der Waals surface area contributed by atoms with Crippen molar-refractivity contribution in [2.75, 3.05) is 53.1 Å². The van der Waals surface area contributed by atoms with Crippen LogP contribution < -0.4 is 14.8 Å². The number of para-hydroxylation sites is 1. The number of aliphatic hydroxyl groups is 1. The van der Waals surface area contributed by atoms with Crippen LogP contribution >= 0.6 is 0 Å². The number of benzene rings is 1. The number of methoxy groups -OCH3 is 1. The summed E-state index contributed by atoms with van der Waals surface area (Å²) in [4.78, 5) is 10.5. The van der Waals surface area contributed by atoms with Gasteiger partial charge in [-0.2, -0.15) is 0 Å². The van der Waals surface area contributed by atoms with Crippen molar-refractivity contribution in [3.8, 4) is 11.5 Å². The maximum atomic E-state index is 10.4. The van der Waals surface area contributed by atoms with Crippen molar-refractivity contribution in [1.29, 1.82) is 0 Å². The third kappa shape index (κ3) is 6.93. The van der Waals surface area contributed by atoms with E-state index >= 15 is 0 Å². The molecule has 1 aromatic heterocycles. The number of aromatic nitrogens is 2. The molecule has 158 valence electrons. The Kier molecular flexibility index (Phi) is 8.63. The van der Waals surface area contributed by atoms with E-state index < -0.39 is 6.10 Å². The second kappa shape index (κ2) is 11.7. The molecule has 3 rings (SSSR count). The quantitative estimate of drug-likeness (QED) is 0.536. The molecule has 2 N–H and O–H groups in total. The molecule has 0 saturated carbocycles. The number of nitrogens with one attached hydrogen (secondary N) is 1. The number of morpholine rings is 1. The molecule has 0 spiro atoms. The topological polar surface area (TPSA) is 89.0 Å². The number of β-amino-alcohol motifs (C(OH)–C–C–N with tert-alkyl or cyclic N) is 1. The fraction of sp³-hybridized carbons (Fsp3) is 0.524. The molecule has 8 nitrogen and oxygen atoms in total. The highest BCUT2D eigenvalue weighted by Crippen LogP contribution is 2.31. The lowest BCUT2D eigenvalue weighted by atomic mass is 10.1. The smallest absolute Gasteiger partial charge is 0.165 e. The maximum absolute atomic E-state index is 10.4. The van der Waals surface area contributed by atoms with E-state index in [1.165, 1.54) is 0 Å². The van der Waals surface area contributed by atoms with Crippen LogP contribution in [0, 0.1) is 0 Å². The van der Waals surface area contributed by atoms with Gasteiger partial charge in [0.05, 0.1) is 26.0 Å². The van der Waals surface area contributed by atoms with Gasteiger partial charge in [0.15, 0.2) is 11.5 Å². The fourth-order valence-electron chi connectivity index (χ4n) is 3.24. The Bertz CT molecular complexity index is 726. The molecule has 29 heavy (non-hydrogen) atoms. The highest BCUT2D eigenvalue weighted by molar-refractivity contribution is 5.46. The van der Waals surface area contributed by atoms with E-state index in [-0.39, 0.29) is 6.61 Å². The third-order valence-electron chi connectivity index (χ3n) is 4.76. The molecular formula is C21H30N4O4. The summed E-state index contributed by atoms with van der Waals surface area (Å²) in [6.07, 6.45) is 5.37. The fourth-order valence-corrected chi connectivity index (χ4v) is 3.24. The Morgan fingerprint density at radius 2 is 2.14 bits per heavy atom.